The molecule has 0 spiro atoms. The number of methoxy groups -OCH3 is 1. The van der Waals surface area contributed by atoms with E-state index in [1.807, 2.05) is 12.1 Å². The standard InChI is InChI=1S/C16H11BrClN3O2S2/c1-23-12-5-2-8(6-10(12)17)14(22)20-15(24)21-16-19-11-4-3-9(18)7-13(11)25-16/h2-7H,1H3,(H2,19,20,21,22,24). The van der Waals surface area contributed by atoms with Crippen molar-refractivity contribution in [2.75, 3.05) is 12.4 Å². The van der Waals surface area contributed by atoms with Gasteiger partial charge in [-0.2, -0.15) is 0 Å². The van der Waals surface area contributed by atoms with Crippen LogP contribution in [0.3, 0.4) is 0 Å². The summed E-state index contributed by atoms with van der Waals surface area (Å²) in [5, 5.41) is 6.93. The Balaban J connectivity index is 1.68. The van der Waals surface area contributed by atoms with Crippen LogP contribution in [0.2, 0.25) is 5.02 Å². The molecule has 0 aliphatic heterocycles. The van der Waals surface area contributed by atoms with Crippen LogP contribution in [-0.4, -0.2) is 23.1 Å². The molecule has 0 aliphatic rings. The highest BCUT2D eigenvalue weighted by Crippen LogP contribution is 2.28. The maximum Gasteiger partial charge on any atom is 0.257 e. The summed E-state index contributed by atoms with van der Waals surface area (Å²) in [5.41, 5.74) is 1.26. The lowest BCUT2D eigenvalue weighted by Gasteiger charge is -2.08. The molecule has 0 radical (unpaired) electrons. The van der Waals surface area contributed by atoms with Gasteiger partial charge in [-0.15, -0.1) is 0 Å². The van der Waals surface area contributed by atoms with Crippen LogP contribution in [0.5, 0.6) is 5.75 Å². The van der Waals surface area contributed by atoms with Gasteiger partial charge in [0.05, 0.1) is 21.8 Å². The van der Waals surface area contributed by atoms with Crippen molar-refractivity contribution in [1.29, 1.82) is 0 Å². The number of ether oxygens (including phenoxy) is 1. The van der Waals surface area contributed by atoms with E-state index in [1.54, 1.807) is 31.4 Å². The minimum absolute atomic E-state index is 0.169. The zero-order valence-electron chi connectivity index (χ0n) is 12.8. The molecule has 0 fully saturated rings. The third-order valence-electron chi connectivity index (χ3n) is 3.21. The number of nitrogens with zero attached hydrogens (tertiary/aromatic N) is 1. The van der Waals surface area contributed by atoms with E-state index >= 15 is 0 Å². The minimum Gasteiger partial charge on any atom is -0.496 e. The number of anilines is 1. The molecular formula is C16H11BrClN3O2S2. The second-order valence-electron chi connectivity index (χ2n) is 4.89. The number of carbonyl (C=O) groups excluding carboxylic acids is 1. The molecule has 5 nitrogen and oxygen atoms in total. The fraction of sp³-hybridized carbons (Fsp3) is 0.0625. The fourth-order valence-electron chi connectivity index (χ4n) is 2.06. The lowest BCUT2D eigenvalue weighted by atomic mass is 10.2. The van der Waals surface area contributed by atoms with Crippen LogP contribution in [0.25, 0.3) is 10.2 Å². The van der Waals surface area contributed by atoms with Gasteiger partial charge in [0.15, 0.2) is 10.2 Å². The van der Waals surface area contributed by atoms with Crippen LogP contribution < -0.4 is 15.4 Å². The van der Waals surface area contributed by atoms with E-state index in [2.05, 4.69) is 31.5 Å². The number of nitrogens with one attached hydrogen (secondary N) is 2. The molecule has 0 saturated carbocycles. The summed E-state index contributed by atoms with van der Waals surface area (Å²) < 4.78 is 6.76. The van der Waals surface area contributed by atoms with E-state index in [9.17, 15) is 4.79 Å². The van der Waals surface area contributed by atoms with Crippen LogP contribution in [0.15, 0.2) is 40.9 Å². The summed E-state index contributed by atoms with van der Waals surface area (Å²) in [7, 11) is 1.56. The predicted octanol–water partition coefficient (Wildman–Crippen LogP) is 4.85. The Bertz CT molecular complexity index is 977. The maximum atomic E-state index is 12.3. The third-order valence-corrected chi connectivity index (χ3v) is 5.20. The second-order valence-corrected chi connectivity index (χ2v) is 7.62. The number of hydrogen-bond acceptors (Lipinski definition) is 5. The molecule has 0 atom stereocenters. The summed E-state index contributed by atoms with van der Waals surface area (Å²) in [6.45, 7) is 0. The van der Waals surface area contributed by atoms with Crippen molar-refractivity contribution in [2.24, 2.45) is 0 Å². The Morgan fingerprint density at radius 3 is 2.84 bits per heavy atom. The number of amides is 1. The Morgan fingerprint density at radius 1 is 1.32 bits per heavy atom. The van der Waals surface area contributed by atoms with Crippen molar-refractivity contribution < 1.29 is 9.53 Å². The molecule has 2 N–H and O–H groups in total. The molecule has 1 aromatic heterocycles. The highest BCUT2D eigenvalue weighted by atomic mass is 79.9. The molecular weight excluding hydrogens is 446 g/mol. The Labute approximate surface area is 166 Å². The van der Waals surface area contributed by atoms with Gasteiger partial charge in [-0.3, -0.25) is 10.1 Å². The Morgan fingerprint density at radius 2 is 2.12 bits per heavy atom. The number of benzene rings is 2. The number of fused-ring (bicyclic) bond motifs is 1. The molecule has 9 heteroatoms. The molecule has 3 rings (SSSR count). The predicted molar refractivity (Wildman–Crippen MR) is 109 cm³/mol. The van der Waals surface area contributed by atoms with Crippen LogP contribution >= 0.6 is 51.1 Å². The average Bonchev–Trinajstić information content (AvgIpc) is 2.95. The van der Waals surface area contributed by atoms with Gasteiger partial charge in [0, 0.05) is 10.6 Å². The zero-order chi connectivity index (χ0) is 18.0. The average molecular weight is 457 g/mol. The van der Waals surface area contributed by atoms with E-state index in [1.165, 1.54) is 11.3 Å². The summed E-state index contributed by atoms with van der Waals surface area (Å²) in [6, 6.07) is 10.4. The maximum absolute atomic E-state index is 12.3. The van der Waals surface area contributed by atoms with Crippen molar-refractivity contribution in [3.63, 3.8) is 0 Å². The van der Waals surface area contributed by atoms with Crippen LogP contribution in [0, 0.1) is 0 Å². The van der Waals surface area contributed by atoms with Gasteiger partial charge in [-0.25, -0.2) is 4.98 Å². The fourth-order valence-corrected chi connectivity index (χ4v) is 4.00. The van der Waals surface area contributed by atoms with E-state index in [-0.39, 0.29) is 11.0 Å². The van der Waals surface area contributed by atoms with E-state index in [4.69, 9.17) is 28.6 Å². The lowest BCUT2D eigenvalue weighted by molar-refractivity contribution is 0.0977. The number of thiocarbonyl (C=S) groups is 1. The lowest BCUT2D eigenvalue weighted by Crippen LogP contribution is -2.34. The smallest absolute Gasteiger partial charge is 0.257 e. The van der Waals surface area contributed by atoms with E-state index in [0.717, 1.165) is 10.2 Å². The largest absolute Gasteiger partial charge is 0.496 e. The van der Waals surface area contributed by atoms with Crippen LogP contribution in [-0.2, 0) is 0 Å². The normalized spacial score (nSPS) is 10.5. The summed E-state index contributed by atoms with van der Waals surface area (Å²) >= 11 is 15.9. The Kier molecular flexibility index (Phi) is 5.53. The molecule has 0 aliphatic carbocycles. The molecule has 3 aromatic rings. The first-order chi connectivity index (χ1) is 12.0. The van der Waals surface area contributed by atoms with Crippen molar-refractivity contribution in [3.05, 3.63) is 51.5 Å². The van der Waals surface area contributed by atoms with E-state index in [0.29, 0.717) is 25.9 Å². The summed E-state index contributed by atoms with van der Waals surface area (Å²) in [6.07, 6.45) is 0. The highest BCUT2D eigenvalue weighted by Gasteiger charge is 2.12. The van der Waals surface area contributed by atoms with Gasteiger partial charge in [-0.1, -0.05) is 22.9 Å². The molecule has 2 aromatic carbocycles. The van der Waals surface area contributed by atoms with Gasteiger partial charge >= 0.3 is 0 Å². The van der Waals surface area contributed by atoms with Crippen LogP contribution in [0.4, 0.5) is 5.13 Å². The van der Waals surface area contributed by atoms with Gasteiger partial charge in [0.2, 0.25) is 0 Å². The molecule has 0 bridgehead atoms. The Hall–Kier alpha value is -1.74. The van der Waals surface area contributed by atoms with Crippen molar-refractivity contribution in [2.45, 2.75) is 0 Å². The number of carbonyl (C=O) groups is 1. The van der Waals surface area contributed by atoms with Gasteiger partial charge in [0.1, 0.15) is 5.75 Å². The van der Waals surface area contributed by atoms with Crippen molar-refractivity contribution >= 4 is 77.5 Å². The molecule has 128 valence electrons. The van der Waals surface area contributed by atoms with Gasteiger partial charge < -0.3 is 10.1 Å². The first kappa shape index (κ1) is 18.1. The second kappa shape index (κ2) is 7.65. The number of aromatic nitrogens is 1. The molecule has 0 saturated heterocycles. The van der Waals surface area contributed by atoms with Gasteiger partial charge in [0.25, 0.3) is 5.91 Å². The number of halogens is 2. The van der Waals surface area contributed by atoms with Crippen molar-refractivity contribution in [3.8, 4) is 5.75 Å². The summed E-state index contributed by atoms with van der Waals surface area (Å²) in [4.78, 5) is 16.7. The molecule has 25 heavy (non-hydrogen) atoms. The minimum atomic E-state index is -0.329. The van der Waals surface area contributed by atoms with Gasteiger partial charge in [-0.05, 0) is 64.5 Å². The first-order valence-electron chi connectivity index (χ1n) is 6.98. The number of hydrogen-bond donors (Lipinski definition) is 2. The first-order valence-corrected chi connectivity index (χ1v) is 9.38. The molecule has 0 unspecified atom stereocenters. The quantitative estimate of drug-likeness (QED) is 0.552. The topological polar surface area (TPSA) is 63.2 Å². The SMILES string of the molecule is COc1ccc(C(=O)NC(=S)Nc2nc3ccc(Cl)cc3s2)cc1Br. The molecule has 1 amide bonds. The number of rotatable bonds is 3. The van der Waals surface area contributed by atoms with Crippen molar-refractivity contribution in [1.82, 2.24) is 10.3 Å². The van der Waals surface area contributed by atoms with Crippen LogP contribution in [0.1, 0.15) is 10.4 Å². The molecule has 1 heterocycles. The summed E-state index contributed by atoms with van der Waals surface area (Å²) in [5.74, 6) is 0.315. The highest BCUT2D eigenvalue weighted by molar-refractivity contribution is 9.10. The monoisotopic (exact) mass is 455 g/mol. The number of thiazole rings is 1. The zero-order valence-corrected chi connectivity index (χ0v) is 16.8. The third kappa shape index (κ3) is 4.27. The van der Waals surface area contributed by atoms with E-state index < -0.39 is 0 Å².